The molecule has 2 heterocycles. The van der Waals surface area contributed by atoms with E-state index in [0.29, 0.717) is 9.79 Å². The highest BCUT2D eigenvalue weighted by molar-refractivity contribution is 7.99. The summed E-state index contributed by atoms with van der Waals surface area (Å²) in [6.07, 6.45) is 1.97. The molecule has 180 valence electrons. The molecule has 6 nitrogen and oxygen atoms in total. The number of hydrogen-bond donors (Lipinski definition) is 0. The summed E-state index contributed by atoms with van der Waals surface area (Å²) in [5, 5.41) is 9.65. The highest BCUT2D eigenvalue weighted by Gasteiger charge is 2.22. The highest BCUT2D eigenvalue weighted by Crippen LogP contribution is 2.27. The molecule has 0 saturated carbocycles. The van der Waals surface area contributed by atoms with Gasteiger partial charge in [-0.3, -0.25) is 4.90 Å². The third-order valence-electron chi connectivity index (χ3n) is 6.35. The van der Waals surface area contributed by atoms with E-state index in [1.807, 2.05) is 60.1 Å². The van der Waals surface area contributed by atoms with Gasteiger partial charge in [0, 0.05) is 31.5 Å². The van der Waals surface area contributed by atoms with Crippen LogP contribution in [0.15, 0.2) is 93.8 Å². The Morgan fingerprint density at radius 3 is 2.40 bits per heavy atom. The molecule has 0 bridgehead atoms. The Hall–Kier alpha value is -2.94. The van der Waals surface area contributed by atoms with Gasteiger partial charge in [0.2, 0.25) is 9.84 Å². The van der Waals surface area contributed by atoms with Gasteiger partial charge in [0.25, 0.3) is 0 Å². The summed E-state index contributed by atoms with van der Waals surface area (Å²) in [5.74, 6) is 1.83. The second-order valence-corrected chi connectivity index (χ2v) is 11.7. The quantitative estimate of drug-likeness (QED) is 0.252. The van der Waals surface area contributed by atoms with Gasteiger partial charge in [-0.15, -0.1) is 10.2 Å². The van der Waals surface area contributed by atoms with Crippen molar-refractivity contribution in [3.63, 3.8) is 0 Å². The molecule has 0 N–H and O–H groups in total. The molecule has 8 heteroatoms. The summed E-state index contributed by atoms with van der Waals surface area (Å²) >= 11 is 1.72. The zero-order valence-electron chi connectivity index (χ0n) is 19.7. The van der Waals surface area contributed by atoms with Crippen LogP contribution in [-0.4, -0.2) is 46.9 Å². The van der Waals surface area contributed by atoms with Crippen molar-refractivity contribution in [1.29, 1.82) is 0 Å². The Labute approximate surface area is 210 Å². The number of benzene rings is 3. The van der Waals surface area contributed by atoms with E-state index in [4.69, 9.17) is 0 Å². The number of hydrogen-bond acceptors (Lipinski definition) is 6. The average Bonchev–Trinajstić information content (AvgIpc) is 3.27. The predicted octanol–water partition coefficient (Wildman–Crippen LogP) is 4.86. The fraction of sp³-hybridized carbons (Fsp3) is 0.259. The summed E-state index contributed by atoms with van der Waals surface area (Å²) in [6, 6.07) is 24.3. The zero-order chi connectivity index (χ0) is 24.3. The van der Waals surface area contributed by atoms with Gasteiger partial charge in [-0.2, -0.15) is 0 Å². The molecule has 0 unspecified atom stereocenters. The fourth-order valence-electron chi connectivity index (χ4n) is 4.42. The van der Waals surface area contributed by atoms with Crippen LogP contribution in [-0.2, 0) is 29.9 Å². The minimum Gasteiger partial charge on any atom is -0.305 e. The zero-order valence-corrected chi connectivity index (χ0v) is 21.3. The average molecular weight is 505 g/mol. The lowest BCUT2D eigenvalue weighted by Gasteiger charge is -2.29. The largest absolute Gasteiger partial charge is 0.305 e. The van der Waals surface area contributed by atoms with E-state index in [0.717, 1.165) is 60.3 Å². The van der Waals surface area contributed by atoms with E-state index in [9.17, 15) is 8.42 Å². The molecule has 0 fully saturated rings. The summed E-state index contributed by atoms with van der Waals surface area (Å²) in [4.78, 5) is 3.12. The first-order valence-corrected chi connectivity index (χ1v) is 14.2. The summed E-state index contributed by atoms with van der Waals surface area (Å²) in [7, 11) is -1.49. The van der Waals surface area contributed by atoms with Crippen molar-refractivity contribution in [3.8, 4) is 11.4 Å². The van der Waals surface area contributed by atoms with Crippen LogP contribution in [0.4, 0.5) is 0 Å². The maximum Gasteiger partial charge on any atom is 0.206 e. The van der Waals surface area contributed by atoms with E-state index >= 15 is 0 Å². The lowest BCUT2D eigenvalue weighted by atomic mass is 10.00. The van der Waals surface area contributed by atoms with Gasteiger partial charge in [-0.05, 0) is 54.8 Å². The first-order valence-electron chi connectivity index (χ1n) is 11.7. The van der Waals surface area contributed by atoms with Gasteiger partial charge < -0.3 is 4.57 Å². The van der Waals surface area contributed by atoms with Crippen molar-refractivity contribution in [2.24, 2.45) is 7.05 Å². The summed E-state index contributed by atoms with van der Waals surface area (Å²) in [5.41, 5.74) is 3.42. The molecule has 0 spiro atoms. The fourth-order valence-corrected chi connectivity index (χ4v) is 6.58. The van der Waals surface area contributed by atoms with Gasteiger partial charge in [0.1, 0.15) is 0 Å². The molecule has 1 aliphatic rings. The second kappa shape index (κ2) is 10.4. The molecule has 4 aromatic rings. The van der Waals surface area contributed by atoms with Crippen molar-refractivity contribution in [1.82, 2.24) is 19.7 Å². The predicted molar refractivity (Wildman–Crippen MR) is 139 cm³/mol. The monoisotopic (exact) mass is 504 g/mol. The van der Waals surface area contributed by atoms with Crippen LogP contribution in [0.5, 0.6) is 0 Å². The van der Waals surface area contributed by atoms with Crippen LogP contribution >= 0.6 is 11.8 Å². The minimum atomic E-state index is -3.50. The van der Waals surface area contributed by atoms with Gasteiger partial charge in [0.05, 0.1) is 9.79 Å². The number of sulfone groups is 1. The van der Waals surface area contributed by atoms with Crippen molar-refractivity contribution in [2.45, 2.75) is 34.3 Å². The van der Waals surface area contributed by atoms with Crippen molar-refractivity contribution in [3.05, 3.63) is 90.0 Å². The molecule has 0 aliphatic carbocycles. The first-order chi connectivity index (χ1) is 17.0. The molecule has 3 aromatic carbocycles. The molecule has 0 atom stereocenters. The molecule has 0 amide bonds. The lowest BCUT2D eigenvalue weighted by molar-refractivity contribution is 0.255. The van der Waals surface area contributed by atoms with Gasteiger partial charge in [-0.25, -0.2) is 8.42 Å². The third-order valence-corrected chi connectivity index (χ3v) is 9.22. The van der Waals surface area contributed by atoms with Crippen LogP contribution in [0.2, 0.25) is 0 Å². The molecule has 0 radical (unpaired) electrons. The van der Waals surface area contributed by atoms with Crippen LogP contribution in [0, 0.1) is 0 Å². The topological polar surface area (TPSA) is 68.1 Å². The maximum absolute atomic E-state index is 13.0. The van der Waals surface area contributed by atoms with Crippen molar-refractivity contribution < 1.29 is 8.42 Å². The molecular weight excluding hydrogens is 476 g/mol. The first kappa shape index (κ1) is 23.8. The lowest BCUT2D eigenvalue weighted by Crippen LogP contribution is -2.31. The Kier molecular flexibility index (Phi) is 7.04. The minimum absolute atomic E-state index is 0.337. The molecular formula is C27H28N4O2S2. The van der Waals surface area contributed by atoms with Gasteiger partial charge >= 0.3 is 0 Å². The van der Waals surface area contributed by atoms with Crippen LogP contribution in [0.25, 0.3) is 11.4 Å². The SMILES string of the molecule is Cn1c(SCCCN2CCc3ccc(S(=O)(=O)c4ccccc4)cc3C2)nnc1-c1ccccc1. The van der Waals surface area contributed by atoms with Gasteiger partial charge in [-0.1, -0.05) is 66.4 Å². The van der Waals surface area contributed by atoms with E-state index in [-0.39, 0.29) is 0 Å². The summed E-state index contributed by atoms with van der Waals surface area (Å²) < 4.78 is 28.1. The molecule has 1 aromatic heterocycles. The van der Waals surface area contributed by atoms with Crippen LogP contribution in [0.3, 0.4) is 0 Å². The number of rotatable bonds is 8. The molecule has 0 saturated heterocycles. The second-order valence-electron chi connectivity index (χ2n) is 8.71. The van der Waals surface area contributed by atoms with E-state index < -0.39 is 9.84 Å². The van der Waals surface area contributed by atoms with E-state index in [2.05, 4.69) is 15.1 Å². The Bertz CT molecular complexity index is 1400. The van der Waals surface area contributed by atoms with Gasteiger partial charge in [0.15, 0.2) is 11.0 Å². The number of thioether (sulfide) groups is 1. The number of fused-ring (bicyclic) bond motifs is 1. The van der Waals surface area contributed by atoms with Crippen LogP contribution < -0.4 is 0 Å². The Morgan fingerprint density at radius 2 is 1.63 bits per heavy atom. The standard InChI is InChI=1S/C27H28N4O2S2/c1-30-26(22-9-4-2-5-10-22)28-29-27(30)34-18-8-16-31-17-15-21-13-14-25(19-23(21)20-31)35(32,33)24-11-6-3-7-12-24/h2-7,9-14,19H,8,15-18,20H2,1H3. The van der Waals surface area contributed by atoms with Crippen molar-refractivity contribution in [2.75, 3.05) is 18.8 Å². The summed E-state index contributed by atoms with van der Waals surface area (Å²) in [6.45, 7) is 2.73. The van der Waals surface area contributed by atoms with Crippen LogP contribution in [0.1, 0.15) is 17.5 Å². The third kappa shape index (κ3) is 5.19. The molecule has 35 heavy (non-hydrogen) atoms. The molecule has 5 rings (SSSR count). The number of nitrogens with zero attached hydrogens (tertiary/aromatic N) is 4. The number of aromatic nitrogens is 3. The Balaban J connectivity index is 1.18. The van der Waals surface area contributed by atoms with E-state index in [1.165, 1.54) is 5.56 Å². The highest BCUT2D eigenvalue weighted by atomic mass is 32.2. The maximum atomic E-state index is 13.0. The molecule has 1 aliphatic heterocycles. The van der Waals surface area contributed by atoms with E-state index in [1.54, 1.807) is 42.1 Å². The normalized spacial score (nSPS) is 14.1. The smallest absolute Gasteiger partial charge is 0.206 e. The van der Waals surface area contributed by atoms with Crippen molar-refractivity contribution >= 4 is 21.6 Å². The Morgan fingerprint density at radius 1 is 0.886 bits per heavy atom.